The first-order valence-electron chi connectivity index (χ1n) is 9.26. The number of aliphatic hydroxyl groups is 2. The van der Waals surface area contributed by atoms with Crippen LogP contribution in [-0.4, -0.2) is 81.8 Å². The molecular formula is C17H31N5O8. The average Bonchev–Trinajstić information content (AvgIpc) is 2.61. The van der Waals surface area contributed by atoms with E-state index < -0.39 is 72.9 Å². The van der Waals surface area contributed by atoms with Crippen LogP contribution in [0.3, 0.4) is 0 Å². The minimum atomic E-state index is -1.57. The Labute approximate surface area is 173 Å². The summed E-state index contributed by atoms with van der Waals surface area (Å²) in [5.41, 5.74) is 10.4. The number of carbonyl (C=O) groups is 5. The predicted octanol–water partition coefficient (Wildman–Crippen LogP) is -3.85. The molecule has 0 bridgehead atoms. The van der Waals surface area contributed by atoms with Crippen molar-refractivity contribution in [3.63, 3.8) is 0 Å². The van der Waals surface area contributed by atoms with Crippen molar-refractivity contribution in [3.8, 4) is 0 Å². The van der Waals surface area contributed by atoms with E-state index in [0.29, 0.717) is 0 Å². The third-order valence-corrected chi connectivity index (χ3v) is 3.96. The zero-order valence-corrected chi connectivity index (χ0v) is 17.1. The number of aliphatic carboxylic acids is 1. The summed E-state index contributed by atoms with van der Waals surface area (Å²) in [5.74, 6) is -5.11. The van der Waals surface area contributed by atoms with E-state index in [1.54, 1.807) is 13.8 Å². The first-order chi connectivity index (χ1) is 13.8. The second kappa shape index (κ2) is 12.7. The Kier molecular flexibility index (Phi) is 11.5. The number of amides is 4. The van der Waals surface area contributed by atoms with Crippen molar-refractivity contribution in [1.29, 1.82) is 0 Å². The summed E-state index contributed by atoms with van der Waals surface area (Å²) in [6, 6.07) is -5.70. The number of carboxylic acids is 1. The first kappa shape index (κ1) is 27.2. The lowest BCUT2D eigenvalue weighted by molar-refractivity contribution is -0.143. The smallest absolute Gasteiger partial charge is 0.326 e. The third-order valence-electron chi connectivity index (χ3n) is 3.96. The minimum Gasteiger partial charge on any atom is -0.480 e. The highest BCUT2D eigenvalue weighted by atomic mass is 16.4. The molecule has 30 heavy (non-hydrogen) atoms. The summed E-state index contributed by atoms with van der Waals surface area (Å²) in [6.07, 6.45) is -1.80. The molecule has 0 aliphatic heterocycles. The number of nitrogens with one attached hydrogen (secondary N) is 3. The summed E-state index contributed by atoms with van der Waals surface area (Å²) in [5, 5.41) is 34.9. The molecule has 0 heterocycles. The Balaban J connectivity index is 5.17. The molecule has 10 N–H and O–H groups in total. The van der Waals surface area contributed by atoms with Gasteiger partial charge in [-0.3, -0.25) is 19.2 Å². The van der Waals surface area contributed by atoms with Crippen molar-refractivity contribution in [1.82, 2.24) is 16.0 Å². The number of aliphatic hydroxyl groups excluding tert-OH is 2. The number of primary amides is 1. The van der Waals surface area contributed by atoms with Gasteiger partial charge in [0.1, 0.15) is 18.1 Å². The Morgan fingerprint density at radius 1 is 0.900 bits per heavy atom. The average molecular weight is 433 g/mol. The Morgan fingerprint density at radius 2 is 1.43 bits per heavy atom. The lowest BCUT2D eigenvalue weighted by atomic mass is 10.0. The van der Waals surface area contributed by atoms with Crippen LogP contribution in [0.1, 0.15) is 33.6 Å². The van der Waals surface area contributed by atoms with Crippen LogP contribution in [-0.2, 0) is 24.0 Å². The van der Waals surface area contributed by atoms with Crippen LogP contribution < -0.4 is 27.4 Å². The lowest BCUT2D eigenvalue weighted by Gasteiger charge is -2.25. The van der Waals surface area contributed by atoms with Crippen molar-refractivity contribution in [3.05, 3.63) is 0 Å². The van der Waals surface area contributed by atoms with E-state index in [1.807, 2.05) is 0 Å². The van der Waals surface area contributed by atoms with Gasteiger partial charge in [-0.2, -0.15) is 0 Å². The predicted molar refractivity (Wildman–Crippen MR) is 103 cm³/mol. The molecule has 13 heteroatoms. The van der Waals surface area contributed by atoms with Crippen LogP contribution in [0.5, 0.6) is 0 Å². The maximum Gasteiger partial charge on any atom is 0.326 e. The zero-order valence-electron chi connectivity index (χ0n) is 17.1. The van der Waals surface area contributed by atoms with Gasteiger partial charge in [0, 0.05) is 0 Å². The Morgan fingerprint density at radius 3 is 1.83 bits per heavy atom. The van der Waals surface area contributed by atoms with Gasteiger partial charge in [-0.25, -0.2) is 4.79 Å². The fourth-order valence-corrected chi connectivity index (χ4v) is 2.40. The summed E-state index contributed by atoms with van der Waals surface area (Å²) >= 11 is 0. The maximum absolute atomic E-state index is 12.4. The van der Waals surface area contributed by atoms with Gasteiger partial charge in [-0.15, -0.1) is 0 Å². The van der Waals surface area contributed by atoms with Crippen molar-refractivity contribution < 1.29 is 39.3 Å². The summed E-state index contributed by atoms with van der Waals surface area (Å²) in [7, 11) is 0. The maximum atomic E-state index is 12.4. The standard InChI is InChI=1S/C17H31N5O8/c1-7(2)4-10(17(29)30)20-15(27)11(6-23)21-16(28)13(8(3)24)22-14(26)9(18)5-12(19)25/h7-11,13,23-24H,4-6,18H2,1-3H3,(H2,19,25)(H,20,27)(H,21,28)(H,22,26)(H,29,30). The molecule has 0 aliphatic rings. The number of rotatable bonds is 13. The molecule has 0 aliphatic carbocycles. The second-order valence-electron chi connectivity index (χ2n) is 7.28. The van der Waals surface area contributed by atoms with E-state index in [9.17, 15) is 39.3 Å². The number of nitrogens with two attached hydrogens (primary N) is 2. The number of hydrogen-bond acceptors (Lipinski definition) is 8. The van der Waals surface area contributed by atoms with Crippen molar-refractivity contribution in [2.24, 2.45) is 17.4 Å². The molecule has 4 amide bonds. The van der Waals surface area contributed by atoms with Crippen LogP contribution in [0.4, 0.5) is 0 Å². The normalized spacial score (nSPS) is 16.0. The fraction of sp³-hybridized carbons (Fsp3) is 0.706. The molecule has 5 unspecified atom stereocenters. The van der Waals surface area contributed by atoms with Crippen LogP contribution in [0.2, 0.25) is 0 Å². The van der Waals surface area contributed by atoms with Crippen molar-refractivity contribution in [2.45, 2.75) is 63.9 Å². The van der Waals surface area contributed by atoms with Gasteiger partial charge in [0.05, 0.1) is 25.2 Å². The molecule has 0 saturated carbocycles. The summed E-state index contributed by atoms with van der Waals surface area (Å²) < 4.78 is 0. The molecule has 0 aromatic rings. The van der Waals surface area contributed by atoms with E-state index in [4.69, 9.17) is 11.5 Å². The SMILES string of the molecule is CC(C)CC(NC(=O)C(CO)NC(=O)C(NC(=O)C(N)CC(N)=O)C(C)O)C(=O)O. The molecule has 172 valence electrons. The van der Waals surface area contributed by atoms with Gasteiger partial charge in [0.25, 0.3) is 0 Å². The van der Waals surface area contributed by atoms with Crippen LogP contribution in [0, 0.1) is 5.92 Å². The first-order valence-corrected chi connectivity index (χ1v) is 9.26. The number of hydrogen-bond donors (Lipinski definition) is 8. The van der Waals surface area contributed by atoms with E-state index in [-0.39, 0.29) is 12.3 Å². The molecule has 0 spiro atoms. The second-order valence-corrected chi connectivity index (χ2v) is 7.28. The van der Waals surface area contributed by atoms with Gasteiger partial charge in [0.15, 0.2) is 0 Å². The monoisotopic (exact) mass is 433 g/mol. The molecule has 0 saturated heterocycles. The van der Waals surface area contributed by atoms with Crippen LogP contribution in [0.25, 0.3) is 0 Å². The van der Waals surface area contributed by atoms with E-state index in [0.717, 1.165) is 0 Å². The van der Waals surface area contributed by atoms with E-state index >= 15 is 0 Å². The third kappa shape index (κ3) is 9.62. The van der Waals surface area contributed by atoms with Gasteiger partial charge in [-0.1, -0.05) is 13.8 Å². The molecule has 5 atom stereocenters. The Bertz CT molecular complexity index is 640. The number of carboxylic acid groups (broad SMARTS) is 1. The summed E-state index contributed by atoms with van der Waals surface area (Å²) in [4.78, 5) is 58.8. The zero-order chi connectivity index (χ0) is 23.6. The topological polar surface area (TPSA) is 234 Å². The van der Waals surface area contributed by atoms with Gasteiger partial charge in [0.2, 0.25) is 23.6 Å². The minimum absolute atomic E-state index is 0.0481. The van der Waals surface area contributed by atoms with Crippen molar-refractivity contribution >= 4 is 29.6 Å². The largest absolute Gasteiger partial charge is 0.480 e. The highest BCUT2D eigenvalue weighted by molar-refractivity contribution is 5.95. The van der Waals surface area contributed by atoms with Gasteiger partial charge < -0.3 is 42.7 Å². The quantitative estimate of drug-likeness (QED) is 0.142. The molecule has 0 rings (SSSR count). The molecule has 0 aromatic carbocycles. The lowest BCUT2D eigenvalue weighted by Crippen LogP contribution is -2.60. The summed E-state index contributed by atoms with van der Waals surface area (Å²) in [6.45, 7) is 3.83. The fourth-order valence-electron chi connectivity index (χ4n) is 2.40. The molecule has 0 fully saturated rings. The van der Waals surface area contributed by atoms with Crippen molar-refractivity contribution in [2.75, 3.05) is 6.61 Å². The molecular weight excluding hydrogens is 402 g/mol. The van der Waals surface area contributed by atoms with Crippen LogP contribution >= 0.6 is 0 Å². The number of carbonyl (C=O) groups excluding carboxylic acids is 4. The van der Waals surface area contributed by atoms with Gasteiger partial charge in [-0.05, 0) is 19.3 Å². The molecule has 13 nitrogen and oxygen atoms in total. The molecule has 0 aromatic heterocycles. The van der Waals surface area contributed by atoms with Crippen LogP contribution in [0.15, 0.2) is 0 Å². The highest BCUT2D eigenvalue weighted by Gasteiger charge is 2.32. The highest BCUT2D eigenvalue weighted by Crippen LogP contribution is 2.05. The van der Waals surface area contributed by atoms with Gasteiger partial charge >= 0.3 is 5.97 Å². The van der Waals surface area contributed by atoms with E-state index in [2.05, 4.69) is 16.0 Å². The Hall–Kier alpha value is -2.77. The van der Waals surface area contributed by atoms with E-state index in [1.165, 1.54) is 6.92 Å². The molecule has 0 radical (unpaired) electrons.